The summed E-state index contributed by atoms with van der Waals surface area (Å²) in [5, 5.41) is 24.4. The molecular formula is C45H46N8O5S4. The van der Waals surface area contributed by atoms with E-state index in [-0.39, 0.29) is 20.9 Å². The number of rotatable bonds is 12. The molecule has 0 N–H and O–H groups in total. The summed E-state index contributed by atoms with van der Waals surface area (Å²) in [6.45, 7) is 8.40. The fourth-order valence-corrected chi connectivity index (χ4v) is 12.1. The fraction of sp³-hybridized carbons (Fsp3) is 0.289. The first-order chi connectivity index (χ1) is 30.0. The van der Waals surface area contributed by atoms with Crippen molar-refractivity contribution < 1.29 is 21.6 Å². The third-order valence-electron chi connectivity index (χ3n) is 10.5. The zero-order valence-corrected chi connectivity index (χ0v) is 37.7. The lowest BCUT2D eigenvalue weighted by atomic mass is 10.1. The van der Waals surface area contributed by atoms with Crippen LogP contribution >= 0.6 is 22.7 Å². The summed E-state index contributed by atoms with van der Waals surface area (Å²) in [6, 6.07) is 33.0. The molecule has 62 heavy (non-hydrogen) atoms. The standard InChI is InChI=1S/C23H24N4O2S2.C22H22N4O3S2/c1-2-5-18-8-10-19(11-9-18)21-17-30-23(25-21)26-12-14-27(15-13-26)31(28,29)22-7-4-3-6-20(22)16-24;1-2-29-19-9-7-17(8-10-19)20-16-30-22(24-20)25-11-13-26(14-12-25)31(27,28)21-6-4-3-5-18(21)15-23/h3-4,6-11,17H,2,5,12-15H2,1H3;3-10,16H,2,11-14H2,1H3. The highest BCUT2D eigenvalue weighted by atomic mass is 32.2. The summed E-state index contributed by atoms with van der Waals surface area (Å²) in [6.07, 6.45) is 2.21. The maximum atomic E-state index is 13.0. The van der Waals surface area contributed by atoms with Gasteiger partial charge in [0.1, 0.15) is 17.9 Å². The van der Waals surface area contributed by atoms with Crippen molar-refractivity contribution in [3.05, 3.63) is 125 Å². The summed E-state index contributed by atoms with van der Waals surface area (Å²) in [5.41, 5.74) is 5.63. The summed E-state index contributed by atoms with van der Waals surface area (Å²) in [5.74, 6) is 0.831. The molecule has 2 aliphatic heterocycles. The van der Waals surface area contributed by atoms with E-state index >= 15 is 0 Å². The van der Waals surface area contributed by atoms with Crippen LogP contribution in [0.25, 0.3) is 22.5 Å². The third kappa shape index (κ3) is 10.0. The second-order valence-corrected chi connectivity index (χ2v) is 19.9. The number of nitriles is 2. The van der Waals surface area contributed by atoms with Gasteiger partial charge < -0.3 is 14.5 Å². The van der Waals surface area contributed by atoms with Crippen LogP contribution in [0.3, 0.4) is 0 Å². The van der Waals surface area contributed by atoms with Gasteiger partial charge in [-0.3, -0.25) is 0 Å². The van der Waals surface area contributed by atoms with Gasteiger partial charge in [-0.25, -0.2) is 26.8 Å². The van der Waals surface area contributed by atoms with Gasteiger partial charge >= 0.3 is 0 Å². The van der Waals surface area contributed by atoms with E-state index in [0.29, 0.717) is 59.0 Å². The molecule has 0 bridgehead atoms. The van der Waals surface area contributed by atoms with Gasteiger partial charge in [0.05, 0.1) is 38.9 Å². The fourth-order valence-electron chi connectivity index (χ4n) is 7.19. The van der Waals surface area contributed by atoms with E-state index in [4.69, 9.17) is 14.7 Å². The van der Waals surface area contributed by atoms with Crippen molar-refractivity contribution in [3.8, 4) is 40.4 Å². The first-order valence-corrected chi connectivity index (χ1v) is 24.9. The highest BCUT2D eigenvalue weighted by molar-refractivity contribution is 7.89. The van der Waals surface area contributed by atoms with E-state index in [0.717, 1.165) is 51.4 Å². The molecule has 0 atom stereocenters. The van der Waals surface area contributed by atoms with E-state index in [1.807, 2.05) is 48.7 Å². The Kier molecular flexibility index (Phi) is 14.3. The highest BCUT2D eigenvalue weighted by Crippen LogP contribution is 2.32. The Balaban J connectivity index is 0.000000186. The minimum atomic E-state index is -3.70. The molecule has 6 aromatic rings. The second kappa shape index (κ2) is 20.0. The number of hydrogen-bond donors (Lipinski definition) is 0. The lowest BCUT2D eigenvalue weighted by Crippen LogP contribution is -2.48. The molecule has 0 unspecified atom stereocenters. The molecule has 0 spiro atoms. The zero-order valence-electron chi connectivity index (χ0n) is 34.4. The van der Waals surface area contributed by atoms with Crippen LogP contribution < -0.4 is 14.5 Å². The molecule has 2 saturated heterocycles. The van der Waals surface area contributed by atoms with Gasteiger partial charge in [-0.1, -0.05) is 61.9 Å². The molecule has 13 nitrogen and oxygen atoms in total. The van der Waals surface area contributed by atoms with Gasteiger partial charge in [-0.2, -0.15) is 19.1 Å². The molecule has 2 fully saturated rings. The molecule has 4 aromatic carbocycles. The molecule has 17 heteroatoms. The Morgan fingerprint density at radius 3 is 1.42 bits per heavy atom. The number of ether oxygens (including phenoxy) is 1. The van der Waals surface area contributed by atoms with Crippen molar-refractivity contribution >= 4 is 53.0 Å². The van der Waals surface area contributed by atoms with Crippen molar-refractivity contribution in [2.75, 3.05) is 68.8 Å². The van der Waals surface area contributed by atoms with E-state index < -0.39 is 20.0 Å². The van der Waals surface area contributed by atoms with Crippen LogP contribution in [0, 0.1) is 22.7 Å². The van der Waals surface area contributed by atoms with E-state index in [1.165, 1.54) is 38.4 Å². The number of hydrogen-bond acceptors (Lipinski definition) is 13. The SMILES string of the molecule is CCCc1ccc(-c2csc(N3CCN(S(=O)(=O)c4ccccc4C#N)CC3)n2)cc1.CCOc1ccc(-c2csc(N3CCN(S(=O)(=O)c4ccccc4C#N)CC3)n2)cc1. The first kappa shape index (κ1) is 44.4. The summed E-state index contributed by atoms with van der Waals surface area (Å²) in [4.78, 5) is 13.9. The molecule has 0 radical (unpaired) electrons. The van der Waals surface area contributed by atoms with Crippen molar-refractivity contribution in [2.24, 2.45) is 0 Å². The Labute approximate surface area is 371 Å². The Hall–Kier alpha value is -5.66. The lowest BCUT2D eigenvalue weighted by molar-refractivity contribution is 0.340. The maximum absolute atomic E-state index is 13.0. The van der Waals surface area contributed by atoms with Gasteiger partial charge in [0.15, 0.2) is 10.3 Å². The van der Waals surface area contributed by atoms with Crippen LogP contribution in [0.1, 0.15) is 37.0 Å². The Bertz CT molecular complexity index is 2570. The molecule has 0 amide bonds. The van der Waals surface area contributed by atoms with Crippen molar-refractivity contribution in [2.45, 2.75) is 36.5 Å². The number of aromatic nitrogens is 2. The minimum absolute atomic E-state index is 0.0676. The molecule has 2 aromatic heterocycles. The van der Waals surface area contributed by atoms with Gasteiger partial charge in [-0.15, -0.1) is 22.7 Å². The highest BCUT2D eigenvalue weighted by Gasteiger charge is 2.32. The molecule has 320 valence electrons. The Morgan fingerprint density at radius 1 is 0.597 bits per heavy atom. The molecular weight excluding hydrogens is 861 g/mol. The summed E-state index contributed by atoms with van der Waals surface area (Å²) < 4.78 is 60.4. The lowest BCUT2D eigenvalue weighted by Gasteiger charge is -2.33. The van der Waals surface area contributed by atoms with Crippen LogP contribution in [0.15, 0.2) is 118 Å². The second-order valence-electron chi connectivity index (χ2n) is 14.4. The molecule has 2 aliphatic rings. The predicted octanol–water partition coefficient (Wildman–Crippen LogP) is 7.74. The number of nitrogens with zero attached hydrogens (tertiary/aromatic N) is 8. The normalized spacial score (nSPS) is 15.0. The van der Waals surface area contributed by atoms with Crippen LogP contribution in [-0.2, 0) is 26.5 Å². The monoisotopic (exact) mass is 906 g/mol. The third-order valence-corrected chi connectivity index (χ3v) is 16.2. The summed E-state index contributed by atoms with van der Waals surface area (Å²) >= 11 is 3.13. The number of benzene rings is 4. The minimum Gasteiger partial charge on any atom is -0.494 e. The van der Waals surface area contributed by atoms with Crippen LogP contribution in [0.2, 0.25) is 0 Å². The molecule has 0 saturated carbocycles. The van der Waals surface area contributed by atoms with Gasteiger partial charge in [-0.05, 0) is 67.4 Å². The first-order valence-electron chi connectivity index (χ1n) is 20.3. The van der Waals surface area contributed by atoms with Gasteiger partial charge in [0, 0.05) is 74.2 Å². The van der Waals surface area contributed by atoms with Crippen LogP contribution in [-0.4, -0.2) is 94.4 Å². The quantitative estimate of drug-likeness (QED) is 0.118. The van der Waals surface area contributed by atoms with Crippen molar-refractivity contribution in [3.63, 3.8) is 0 Å². The topological polar surface area (TPSA) is 164 Å². The van der Waals surface area contributed by atoms with Crippen molar-refractivity contribution in [1.82, 2.24) is 18.6 Å². The predicted molar refractivity (Wildman–Crippen MR) is 245 cm³/mol. The largest absolute Gasteiger partial charge is 0.494 e. The Morgan fingerprint density at radius 2 is 1.02 bits per heavy atom. The van der Waals surface area contributed by atoms with Crippen molar-refractivity contribution in [1.29, 1.82) is 10.5 Å². The molecule has 0 aliphatic carbocycles. The van der Waals surface area contributed by atoms with Crippen LogP contribution in [0.5, 0.6) is 5.75 Å². The zero-order chi connectivity index (χ0) is 43.7. The van der Waals surface area contributed by atoms with Gasteiger partial charge in [0.2, 0.25) is 20.0 Å². The average molecular weight is 907 g/mol. The molecule has 8 rings (SSSR count). The van der Waals surface area contributed by atoms with E-state index in [2.05, 4.69) is 46.4 Å². The smallest absolute Gasteiger partial charge is 0.244 e. The number of aryl methyl sites for hydroxylation is 1. The van der Waals surface area contributed by atoms with E-state index in [9.17, 15) is 27.4 Å². The maximum Gasteiger partial charge on any atom is 0.244 e. The number of thiazole rings is 2. The summed E-state index contributed by atoms with van der Waals surface area (Å²) in [7, 11) is -7.39. The average Bonchev–Trinajstić information content (AvgIpc) is 4.02. The van der Waals surface area contributed by atoms with Gasteiger partial charge in [0.25, 0.3) is 0 Å². The van der Waals surface area contributed by atoms with Crippen LogP contribution in [0.4, 0.5) is 10.3 Å². The van der Waals surface area contributed by atoms with E-state index in [1.54, 1.807) is 46.9 Å². The number of anilines is 2. The molecule has 4 heterocycles. The number of sulfonamides is 2. The number of piperazine rings is 2.